The minimum Gasteiger partial charge on any atom is -0.497 e. The number of aromatic nitrogens is 2. The van der Waals surface area contributed by atoms with Gasteiger partial charge in [-0.1, -0.05) is 32.9 Å². The molecule has 0 radical (unpaired) electrons. The largest absolute Gasteiger partial charge is 0.497 e. The van der Waals surface area contributed by atoms with E-state index in [0.717, 1.165) is 23.9 Å². The quantitative estimate of drug-likeness (QED) is 0.627. The Morgan fingerprint density at radius 3 is 2.71 bits per heavy atom. The van der Waals surface area contributed by atoms with Crippen LogP contribution in [-0.4, -0.2) is 46.5 Å². The molecule has 3 heterocycles. The van der Waals surface area contributed by atoms with Crippen LogP contribution in [0.2, 0.25) is 0 Å². The van der Waals surface area contributed by atoms with Crippen LogP contribution in [0.15, 0.2) is 30.5 Å². The molecule has 2 bridgehead atoms. The van der Waals surface area contributed by atoms with E-state index in [4.69, 9.17) is 4.74 Å². The van der Waals surface area contributed by atoms with Gasteiger partial charge in [0.2, 0.25) is 0 Å². The van der Waals surface area contributed by atoms with Crippen molar-refractivity contribution in [3.8, 4) is 5.75 Å². The zero-order valence-electron chi connectivity index (χ0n) is 19.9. The lowest BCUT2D eigenvalue weighted by Crippen LogP contribution is -2.39. The van der Waals surface area contributed by atoms with Crippen LogP contribution in [0, 0.1) is 10.8 Å². The van der Waals surface area contributed by atoms with Crippen molar-refractivity contribution in [2.24, 2.45) is 10.8 Å². The number of anilines is 1. The number of nitrogens with zero attached hydrogens (tertiary/aromatic N) is 3. The van der Waals surface area contributed by atoms with Crippen LogP contribution in [-0.2, 0) is 0 Å². The zero-order chi connectivity index (χ0) is 24.5. The van der Waals surface area contributed by atoms with Crippen LogP contribution in [0.4, 0.5) is 19.0 Å². The summed E-state index contributed by atoms with van der Waals surface area (Å²) >= 11 is 0. The minimum atomic E-state index is -4.50. The van der Waals surface area contributed by atoms with Gasteiger partial charge < -0.3 is 15.0 Å². The van der Waals surface area contributed by atoms with Crippen LogP contribution in [0.3, 0.4) is 0 Å². The molecule has 1 saturated carbocycles. The Morgan fingerprint density at radius 1 is 1.24 bits per heavy atom. The number of benzene rings is 1. The first-order valence-electron chi connectivity index (χ1n) is 11.7. The number of halogens is 3. The molecule has 1 saturated heterocycles. The molecule has 1 amide bonds. The average molecular weight is 477 g/mol. The fraction of sp³-hybridized carbons (Fsp3) is 0.600. The highest BCUT2D eigenvalue weighted by molar-refractivity contribution is 5.99. The second-order valence-electron chi connectivity index (χ2n) is 11.3. The van der Waals surface area contributed by atoms with Crippen LogP contribution in [0.5, 0.6) is 5.75 Å². The lowest BCUT2D eigenvalue weighted by Gasteiger charge is -2.39. The fourth-order valence-electron chi connectivity index (χ4n) is 6.65. The molecule has 0 unspecified atom stereocenters. The number of hydrogen-bond donors (Lipinski definition) is 1. The molecule has 1 aliphatic carbocycles. The molecule has 4 atom stereocenters. The van der Waals surface area contributed by atoms with E-state index in [1.807, 2.05) is 4.90 Å². The van der Waals surface area contributed by atoms with Gasteiger partial charge in [0.25, 0.3) is 5.91 Å². The van der Waals surface area contributed by atoms with Gasteiger partial charge in [0, 0.05) is 19.0 Å². The highest BCUT2D eigenvalue weighted by Gasteiger charge is 2.52. The van der Waals surface area contributed by atoms with Crippen molar-refractivity contribution in [2.45, 2.75) is 70.8 Å². The van der Waals surface area contributed by atoms with E-state index in [-0.39, 0.29) is 40.6 Å². The van der Waals surface area contributed by atoms with E-state index >= 15 is 0 Å². The third-order valence-electron chi connectivity index (χ3n) is 7.64. The molecule has 6 nitrogen and oxygen atoms in total. The number of ether oxygens (including phenoxy) is 1. The van der Waals surface area contributed by atoms with E-state index in [0.29, 0.717) is 17.9 Å². The predicted molar refractivity (Wildman–Crippen MR) is 122 cm³/mol. The molecular formula is C25H31F3N4O2. The summed E-state index contributed by atoms with van der Waals surface area (Å²) in [6.45, 7) is 7.27. The Balaban J connectivity index is 1.50. The molecule has 2 aromatic rings. The molecule has 2 fully saturated rings. The van der Waals surface area contributed by atoms with Crippen molar-refractivity contribution in [3.63, 3.8) is 0 Å². The molecule has 1 N–H and O–H groups in total. The summed E-state index contributed by atoms with van der Waals surface area (Å²) in [4.78, 5) is 15.6. The van der Waals surface area contributed by atoms with Gasteiger partial charge in [0.05, 0.1) is 19.3 Å². The standard InChI is InChI=1S/C25H31F3N4O2/c1-23(2)10-16-11-24(3,13-23)14-31(16)22(33)18-12-29-32-20(25(26,27)28)9-19(30-21(18)32)15-6-5-7-17(8-15)34-4/h5-8,12,16,19-20,30H,9-11,13-14H2,1-4H3/t16-,19+,20-,24+/m1/s1. The summed E-state index contributed by atoms with van der Waals surface area (Å²) in [5.41, 5.74) is 1.03. The normalized spacial score (nSPS) is 30.0. The van der Waals surface area contributed by atoms with Crippen LogP contribution >= 0.6 is 0 Å². The Hall–Kier alpha value is -2.71. The van der Waals surface area contributed by atoms with Gasteiger partial charge in [0.15, 0.2) is 6.04 Å². The van der Waals surface area contributed by atoms with E-state index in [9.17, 15) is 18.0 Å². The summed E-state index contributed by atoms with van der Waals surface area (Å²) in [5.74, 6) is 0.461. The first-order chi connectivity index (χ1) is 15.9. The summed E-state index contributed by atoms with van der Waals surface area (Å²) in [5, 5.41) is 7.25. The van der Waals surface area contributed by atoms with Gasteiger partial charge >= 0.3 is 6.18 Å². The van der Waals surface area contributed by atoms with Gasteiger partial charge in [-0.05, 0) is 47.8 Å². The summed E-state index contributed by atoms with van der Waals surface area (Å²) in [7, 11) is 1.52. The first-order valence-corrected chi connectivity index (χ1v) is 11.7. The van der Waals surface area contributed by atoms with E-state index in [1.165, 1.54) is 13.3 Å². The van der Waals surface area contributed by atoms with Crippen molar-refractivity contribution in [3.05, 3.63) is 41.6 Å². The highest BCUT2D eigenvalue weighted by Crippen LogP contribution is 2.53. The van der Waals surface area contributed by atoms with Crippen LogP contribution < -0.4 is 10.1 Å². The molecule has 1 aromatic heterocycles. The number of amides is 1. The maximum Gasteiger partial charge on any atom is 0.410 e. The monoisotopic (exact) mass is 476 g/mol. The minimum absolute atomic E-state index is 0.0281. The molecule has 184 valence electrons. The van der Waals surface area contributed by atoms with E-state index in [2.05, 4.69) is 31.2 Å². The summed E-state index contributed by atoms with van der Waals surface area (Å²) in [6, 6.07) is 4.64. The number of alkyl halides is 3. The Morgan fingerprint density at radius 2 is 2.00 bits per heavy atom. The molecular weight excluding hydrogens is 445 g/mol. The van der Waals surface area contributed by atoms with E-state index < -0.39 is 18.3 Å². The van der Waals surface area contributed by atoms with Crippen molar-refractivity contribution in [1.82, 2.24) is 14.7 Å². The SMILES string of the molecule is COc1cccc([C@@H]2C[C@H](C(F)(F)F)n3ncc(C(=O)N4C[C@@]5(C)C[C@H]4CC(C)(C)C5)c3N2)c1. The van der Waals surface area contributed by atoms with Crippen LogP contribution in [0.1, 0.15) is 74.5 Å². The van der Waals surface area contributed by atoms with Crippen molar-refractivity contribution >= 4 is 11.7 Å². The van der Waals surface area contributed by atoms with Gasteiger partial charge in [-0.2, -0.15) is 18.3 Å². The third-order valence-corrected chi connectivity index (χ3v) is 7.64. The maximum absolute atomic E-state index is 14.1. The third kappa shape index (κ3) is 3.92. The summed E-state index contributed by atoms with van der Waals surface area (Å²) in [6.07, 6.45) is -0.578. The van der Waals surface area contributed by atoms with Crippen molar-refractivity contribution in [2.75, 3.05) is 19.0 Å². The lowest BCUT2D eigenvalue weighted by atomic mass is 9.65. The maximum atomic E-state index is 14.1. The van der Waals surface area contributed by atoms with E-state index in [1.54, 1.807) is 24.3 Å². The molecule has 9 heteroatoms. The van der Waals surface area contributed by atoms with Gasteiger partial charge in [-0.25, -0.2) is 4.68 Å². The van der Waals surface area contributed by atoms with Crippen molar-refractivity contribution in [1.29, 1.82) is 0 Å². The predicted octanol–water partition coefficient (Wildman–Crippen LogP) is 5.59. The molecule has 1 aromatic carbocycles. The number of rotatable bonds is 3. The first kappa shape index (κ1) is 23.1. The number of hydrogen-bond acceptors (Lipinski definition) is 4. The Bertz CT molecular complexity index is 1110. The molecule has 0 spiro atoms. The molecule has 5 rings (SSSR count). The van der Waals surface area contributed by atoms with Gasteiger partial charge in [-0.15, -0.1) is 0 Å². The smallest absolute Gasteiger partial charge is 0.410 e. The van der Waals surface area contributed by atoms with Gasteiger partial charge in [0.1, 0.15) is 17.1 Å². The number of fused-ring (bicyclic) bond motifs is 3. The lowest BCUT2D eigenvalue weighted by molar-refractivity contribution is -0.173. The number of likely N-dealkylation sites (tertiary alicyclic amines) is 1. The summed E-state index contributed by atoms with van der Waals surface area (Å²) < 4.78 is 48.4. The van der Waals surface area contributed by atoms with Crippen LogP contribution in [0.25, 0.3) is 0 Å². The Kier molecular flexibility index (Phi) is 5.19. The highest BCUT2D eigenvalue weighted by atomic mass is 19.4. The number of carbonyl (C=O) groups excluding carboxylic acids is 1. The second kappa shape index (κ2) is 7.65. The number of methoxy groups -OCH3 is 1. The molecule has 2 aliphatic heterocycles. The number of nitrogens with one attached hydrogen (secondary N) is 1. The second-order valence-corrected chi connectivity index (χ2v) is 11.3. The topological polar surface area (TPSA) is 59.4 Å². The molecule has 3 aliphatic rings. The molecule has 34 heavy (non-hydrogen) atoms. The average Bonchev–Trinajstić information content (AvgIpc) is 3.28. The van der Waals surface area contributed by atoms with Gasteiger partial charge in [-0.3, -0.25) is 4.79 Å². The fourth-order valence-corrected chi connectivity index (χ4v) is 6.65. The zero-order valence-corrected chi connectivity index (χ0v) is 19.9. The Labute approximate surface area is 197 Å². The number of carbonyl (C=O) groups is 1. The van der Waals surface area contributed by atoms with Crippen molar-refractivity contribution < 1.29 is 22.7 Å².